The molecule has 4 N–H and O–H groups in total. The fourth-order valence-corrected chi connectivity index (χ4v) is 2.69. The molecule has 0 atom stereocenters. The molecule has 0 aliphatic carbocycles. The van der Waals surface area contributed by atoms with Crippen molar-refractivity contribution >= 4 is 46.9 Å². The maximum Gasteiger partial charge on any atom is 0.407 e. The first-order valence-electron chi connectivity index (χ1n) is 9.45. The number of H-pyrrole nitrogens is 1. The van der Waals surface area contributed by atoms with Crippen LogP contribution in [-0.4, -0.2) is 49.3 Å². The summed E-state index contributed by atoms with van der Waals surface area (Å²) < 4.78 is 18.6. The van der Waals surface area contributed by atoms with Crippen molar-refractivity contribution in [1.82, 2.24) is 20.9 Å². The molecule has 162 valence electrons. The maximum atomic E-state index is 13.4. The number of aromatic amines is 1. The van der Waals surface area contributed by atoms with E-state index >= 15 is 0 Å². The Bertz CT molecular complexity index is 817. The minimum atomic E-state index is -0.495. The van der Waals surface area contributed by atoms with E-state index in [4.69, 9.17) is 4.74 Å². The van der Waals surface area contributed by atoms with Gasteiger partial charge < -0.3 is 25.7 Å². The van der Waals surface area contributed by atoms with Crippen LogP contribution in [0.3, 0.4) is 0 Å². The van der Waals surface area contributed by atoms with Crippen molar-refractivity contribution in [3.63, 3.8) is 0 Å². The third-order valence-corrected chi connectivity index (χ3v) is 3.95. The third kappa shape index (κ3) is 8.88. The van der Waals surface area contributed by atoms with Gasteiger partial charge in [-0.3, -0.25) is 4.99 Å². The molecule has 29 heavy (non-hydrogen) atoms. The number of rotatable bonds is 7. The molecule has 0 saturated carbocycles. The van der Waals surface area contributed by atoms with Gasteiger partial charge in [0.15, 0.2) is 5.96 Å². The van der Waals surface area contributed by atoms with E-state index in [1.807, 2.05) is 27.0 Å². The van der Waals surface area contributed by atoms with E-state index < -0.39 is 11.7 Å². The Labute approximate surface area is 188 Å². The number of guanidine groups is 1. The van der Waals surface area contributed by atoms with Crippen LogP contribution in [0.4, 0.5) is 9.18 Å². The predicted molar refractivity (Wildman–Crippen MR) is 126 cm³/mol. The molecular formula is C20H31FIN5O2. The van der Waals surface area contributed by atoms with Gasteiger partial charge in [0, 0.05) is 43.8 Å². The molecular weight excluding hydrogens is 488 g/mol. The number of nitrogens with one attached hydrogen (secondary N) is 4. The average Bonchev–Trinajstić information content (AvgIpc) is 3.00. The molecule has 1 aromatic carbocycles. The first kappa shape index (κ1) is 25.0. The molecule has 1 amide bonds. The summed E-state index contributed by atoms with van der Waals surface area (Å²) in [5.74, 6) is 0.446. The number of hydrogen-bond donors (Lipinski definition) is 4. The van der Waals surface area contributed by atoms with Gasteiger partial charge in [0.05, 0.1) is 0 Å². The number of carbonyl (C=O) groups excluding carboxylic acids is 1. The lowest BCUT2D eigenvalue weighted by atomic mass is 10.1. The minimum absolute atomic E-state index is 0. The Morgan fingerprint density at radius 3 is 2.55 bits per heavy atom. The normalized spacial score (nSPS) is 11.7. The highest BCUT2D eigenvalue weighted by Crippen LogP contribution is 2.19. The molecule has 1 aromatic heterocycles. The predicted octanol–water partition coefficient (Wildman–Crippen LogP) is 3.55. The van der Waals surface area contributed by atoms with Crippen molar-refractivity contribution in [2.24, 2.45) is 4.99 Å². The minimum Gasteiger partial charge on any atom is -0.444 e. The molecule has 0 saturated heterocycles. The van der Waals surface area contributed by atoms with E-state index in [9.17, 15) is 9.18 Å². The topological polar surface area (TPSA) is 90.5 Å². The largest absolute Gasteiger partial charge is 0.444 e. The molecule has 9 heteroatoms. The second kappa shape index (κ2) is 11.8. The molecule has 0 unspecified atom stereocenters. The summed E-state index contributed by atoms with van der Waals surface area (Å²) in [5.41, 5.74) is 1.49. The Balaban J connectivity index is 0.00000420. The first-order valence-corrected chi connectivity index (χ1v) is 9.45. The molecule has 0 spiro atoms. The monoisotopic (exact) mass is 519 g/mol. The summed E-state index contributed by atoms with van der Waals surface area (Å²) in [6, 6.07) is 4.74. The Morgan fingerprint density at radius 1 is 1.17 bits per heavy atom. The van der Waals surface area contributed by atoms with Gasteiger partial charge in [0.1, 0.15) is 11.4 Å². The fraction of sp³-hybridized carbons (Fsp3) is 0.500. The third-order valence-electron chi connectivity index (χ3n) is 3.95. The number of aromatic nitrogens is 1. The van der Waals surface area contributed by atoms with E-state index in [2.05, 4.69) is 25.9 Å². The highest BCUT2D eigenvalue weighted by Gasteiger charge is 2.15. The van der Waals surface area contributed by atoms with E-state index in [1.54, 1.807) is 19.2 Å². The number of hydrogen-bond acceptors (Lipinski definition) is 3. The molecule has 0 aliphatic rings. The lowest BCUT2D eigenvalue weighted by Crippen LogP contribution is -2.40. The fourth-order valence-electron chi connectivity index (χ4n) is 2.69. The zero-order valence-corrected chi connectivity index (χ0v) is 19.7. The van der Waals surface area contributed by atoms with Gasteiger partial charge in [-0.25, -0.2) is 9.18 Å². The quantitative estimate of drug-likeness (QED) is 0.195. The number of fused-ring (bicyclic) bond motifs is 1. The van der Waals surface area contributed by atoms with Crippen LogP contribution in [0.5, 0.6) is 0 Å². The van der Waals surface area contributed by atoms with Crippen LogP contribution in [0, 0.1) is 5.82 Å². The number of alkyl carbamates (subject to hydrolysis) is 1. The first-order chi connectivity index (χ1) is 13.3. The van der Waals surface area contributed by atoms with Crippen molar-refractivity contribution in [3.05, 3.63) is 35.8 Å². The van der Waals surface area contributed by atoms with Crippen LogP contribution >= 0.6 is 24.0 Å². The van der Waals surface area contributed by atoms with Gasteiger partial charge in [0.2, 0.25) is 0 Å². The number of halogens is 2. The number of benzene rings is 1. The highest BCUT2D eigenvalue weighted by molar-refractivity contribution is 14.0. The summed E-state index contributed by atoms with van der Waals surface area (Å²) in [7, 11) is 1.70. The Kier molecular flexibility index (Phi) is 10.2. The van der Waals surface area contributed by atoms with Crippen molar-refractivity contribution in [2.45, 2.75) is 39.2 Å². The van der Waals surface area contributed by atoms with Crippen LogP contribution in [-0.2, 0) is 11.2 Å². The van der Waals surface area contributed by atoms with Crippen LogP contribution in [0.15, 0.2) is 29.4 Å². The molecule has 0 bridgehead atoms. The smallest absolute Gasteiger partial charge is 0.407 e. The van der Waals surface area contributed by atoms with Gasteiger partial charge in [-0.15, -0.1) is 24.0 Å². The molecule has 0 fully saturated rings. The maximum absolute atomic E-state index is 13.4. The van der Waals surface area contributed by atoms with E-state index in [0.717, 1.165) is 29.3 Å². The summed E-state index contributed by atoms with van der Waals surface area (Å²) in [6.07, 6.45) is 2.97. The summed E-state index contributed by atoms with van der Waals surface area (Å²) in [4.78, 5) is 18.9. The van der Waals surface area contributed by atoms with E-state index in [0.29, 0.717) is 25.6 Å². The molecule has 2 aromatic rings. The van der Waals surface area contributed by atoms with Gasteiger partial charge in [0.25, 0.3) is 0 Å². The number of carbonyl (C=O) groups is 1. The van der Waals surface area contributed by atoms with Crippen LogP contribution < -0.4 is 16.0 Å². The Hall–Kier alpha value is -2.04. The Morgan fingerprint density at radius 2 is 1.86 bits per heavy atom. The highest BCUT2D eigenvalue weighted by atomic mass is 127. The van der Waals surface area contributed by atoms with Gasteiger partial charge in [-0.1, -0.05) is 0 Å². The van der Waals surface area contributed by atoms with E-state index in [1.165, 1.54) is 6.07 Å². The second-order valence-electron chi connectivity index (χ2n) is 7.46. The SMILES string of the molecule is CN=C(NCCCNC(=O)OC(C)(C)C)NCCc1c[nH]c2ccc(F)cc12.I. The number of ether oxygens (including phenoxy) is 1. The van der Waals surface area contributed by atoms with Gasteiger partial charge in [-0.2, -0.15) is 0 Å². The zero-order valence-electron chi connectivity index (χ0n) is 17.4. The molecule has 0 aliphatic heterocycles. The summed E-state index contributed by atoms with van der Waals surface area (Å²) in [6.45, 7) is 7.33. The molecule has 7 nitrogen and oxygen atoms in total. The van der Waals surface area contributed by atoms with Crippen molar-refractivity contribution in [1.29, 1.82) is 0 Å². The standard InChI is InChI=1S/C20H30FN5O2.HI/c1-20(2,3)28-19(27)25-10-5-9-23-18(22-4)24-11-8-14-13-26-17-7-6-15(21)12-16(14)17;/h6-7,12-13,26H,5,8-11H2,1-4H3,(H,25,27)(H2,22,23,24);1H. The number of amides is 1. The van der Waals surface area contributed by atoms with E-state index in [-0.39, 0.29) is 29.8 Å². The molecule has 0 radical (unpaired) electrons. The summed E-state index contributed by atoms with van der Waals surface area (Å²) in [5, 5.41) is 10.1. The van der Waals surface area contributed by atoms with Crippen LogP contribution in [0.2, 0.25) is 0 Å². The number of aliphatic imine (C=N–C) groups is 1. The number of nitrogens with zero attached hydrogens (tertiary/aromatic N) is 1. The van der Waals surface area contributed by atoms with Crippen molar-refractivity contribution in [2.75, 3.05) is 26.7 Å². The lowest BCUT2D eigenvalue weighted by Gasteiger charge is -2.19. The zero-order chi connectivity index (χ0) is 20.6. The van der Waals surface area contributed by atoms with Crippen molar-refractivity contribution < 1.29 is 13.9 Å². The summed E-state index contributed by atoms with van der Waals surface area (Å²) >= 11 is 0. The van der Waals surface area contributed by atoms with Gasteiger partial charge >= 0.3 is 6.09 Å². The average molecular weight is 519 g/mol. The second-order valence-corrected chi connectivity index (χ2v) is 7.46. The van der Waals surface area contributed by atoms with Gasteiger partial charge in [-0.05, 0) is 57.4 Å². The van der Waals surface area contributed by atoms with Crippen LogP contribution in [0.25, 0.3) is 10.9 Å². The lowest BCUT2D eigenvalue weighted by molar-refractivity contribution is 0.0527. The molecule has 2 rings (SSSR count). The van der Waals surface area contributed by atoms with Crippen molar-refractivity contribution in [3.8, 4) is 0 Å². The van der Waals surface area contributed by atoms with Crippen LogP contribution in [0.1, 0.15) is 32.8 Å². The molecule has 1 heterocycles.